The molecule has 0 aliphatic heterocycles. The topological polar surface area (TPSA) is 65.8 Å². The first kappa shape index (κ1) is 13.7. The summed E-state index contributed by atoms with van der Waals surface area (Å²) in [4.78, 5) is 16.0. The lowest BCUT2D eigenvalue weighted by Gasteiger charge is -2.24. The van der Waals surface area contributed by atoms with E-state index in [9.17, 15) is 4.79 Å². The van der Waals surface area contributed by atoms with E-state index in [1.807, 2.05) is 13.8 Å². The quantitative estimate of drug-likeness (QED) is 0.869. The monoisotopic (exact) mass is 295 g/mol. The van der Waals surface area contributed by atoms with E-state index in [0.717, 1.165) is 0 Å². The lowest BCUT2D eigenvalue weighted by Crippen LogP contribution is -2.46. The Bertz CT molecular complexity index is 449. The van der Waals surface area contributed by atoms with Crippen molar-refractivity contribution in [1.29, 1.82) is 5.26 Å². The number of rotatable bonds is 4. The fraction of sp³-hybridized carbons (Fsp3) is 0.417. The standard InChI is InChI=1S/C12H14BrN3O/c1-3-12(4-2,8-14)16-11(17)9-6-5-7-10(13)15-9/h5-7H,3-4H2,1-2H3,(H,16,17). The molecule has 0 saturated heterocycles. The molecule has 0 atom stereocenters. The fourth-order valence-corrected chi connectivity index (χ4v) is 1.77. The van der Waals surface area contributed by atoms with Gasteiger partial charge in [0.2, 0.25) is 0 Å². The summed E-state index contributed by atoms with van der Waals surface area (Å²) in [7, 11) is 0. The van der Waals surface area contributed by atoms with Gasteiger partial charge in [-0.05, 0) is 40.9 Å². The summed E-state index contributed by atoms with van der Waals surface area (Å²) in [5, 5.41) is 11.9. The summed E-state index contributed by atoms with van der Waals surface area (Å²) in [5.41, 5.74) is -0.498. The van der Waals surface area contributed by atoms with Crippen LogP contribution in [0.5, 0.6) is 0 Å². The zero-order chi connectivity index (χ0) is 12.9. The molecule has 0 radical (unpaired) electrons. The van der Waals surface area contributed by atoms with Gasteiger partial charge in [-0.25, -0.2) is 4.98 Å². The number of hydrogen-bond acceptors (Lipinski definition) is 3. The molecule has 0 aliphatic carbocycles. The Morgan fingerprint density at radius 2 is 2.18 bits per heavy atom. The highest BCUT2D eigenvalue weighted by molar-refractivity contribution is 9.10. The largest absolute Gasteiger partial charge is 0.332 e. The minimum Gasteiger partial charge on any atom is -0.332 e. The van der Waals surface area contributed by atoms with E-state index < -0.39 is 5.54 Å². The van der Waals surface area contributed by atoms with Crippen molar-refractivity contribution < 1.29 is 4.79 Å². The molecule has 0 saturated carbocycles. The van der Waals surface area contributed by atoms with Gasteiger partial charge in [-0.15, -0.1) is 0 Å². The first-order valence-corrected chi connectivity index (χ1v) is 6.22. The predicted molar refractivity (Wildman–Crippen MR) is 68.3 cm³/mol. The molecule has 17 heavy (non-hydrogen) atoms. The maximum absolute atomic E-state index is 11.9. The molecule has 0 aromatic carbocycles. The zero-order valence-corrected chi connectivity index (χ0v) is 11.4. The molecule has 1 aromatic heterocycles. The Labute approximate surface area is 109 Å². The molecule has 1 rings (SSSR count). The Kier molecular flexibility index (Phi) is 4.64. The first-order valence-electron chi connectivity index (χ1n) is 5.43. The summed E-state index contributed by atoms with van der Waals surface area (Å²) in [6.45, 7) is 3.75. The average molecular weight is 296 g/mol. The Morgan fingerprint density at radius 3 is 2.65 bits per heavy atom. The van der Waals surface area contributed by atoms with Gasteiger partial charge in [-0.2, -0.15) is 5.26 Å². The van der Waals surface area contributed by atoms with Gasteiger partial charge in [0, 0.05) is 0 Å². The van der Waals surface area contributed by atoms with Crippen LogP contribution in [0.2, 0.25) is 0 Å². The van der Waals surface area contributed by atoms with Gasteiger partial charge in [0.1, 0.15) is 15.8 Å². The molecule has 1 heterocycles. The van der Waals surface area contributed by atoms with Crippen LogP contribution in [0, 0.1) is 11.3 Å². The number of nitrogens with one attached hydrogen (secondary N) is 1. The molecule has 0 fully saturated rings. The van der Waals surface area contributed by atoms with E-state index in [1.54, 1.807) is 18.2 Å². The van der Waals surface area contributed by atoms with Crippen molar-refractivity contribution in [2.75, 3.05) is 0 Å². The summed E-state index contributed by atoms with van der Waals surface area (Å²) in [6, 6.07) is 7.26. The Hall–Kier alpha value is -1.41. The van der Waals surface area contributed by atoms with Crippen LogP contribution in [0.15, 0.2) is 22.8 Å². The molecule has 1 N–H and O–H groups in total. The number of hydrogen-bond donors (Lipinski definition) is 1. The van der Waals surface area contributed by atoms with Crippen LogP contribution in [0.4, 0.5) is 0 Å². The van der Waals surface area contributed by atoms with Gasteiger partial charge in [-0.1, -0.05) is 19.9 Å². The Balaban J connectivity index is 2.89. The van der Waals surface area contributed by atoms with E-state index in [0.29, 0.717) is 23.1 Å². The molecule has 1 aromatic rings. The normalized spacial score (nSPS) is 10.7. The van der Waals surface area contributed by atoms with Crippen molar-refractivity contribution in [3.05, 3.63) is 28.5 Å². The van der Waals surface area contributed by atoms with Gasteiger partial charge in [0.15, 0.2) is 0 Å². The number of pyridine rings is 1. The molecule has 4 nitrogen and oxygen atoms in total. The third-order valence-corrected chi connectivity index (χ3v) is 3.16. The molecule has 90 valence electrons. The number of nitriles is 1. The third-order valence-electron chi connectivity index (χ3n) is 2.72. The second-order valence-corrected chi connectivity index (χ2v) is 4.51. The molecule has 0 spiro atoms. The van der Waals surface area contributed by atoms with E-state index >= 15 is 0 Å². The van der Waals surface area contributed by atoms with Crippen LogP contribution in [0.25, 0.3) is 0 Å². The SMILES string of the molecule is CCC(C#N)(CC)NC(=O)c1cccc(Br)n1. The van der Waals surface area contributed by atoms with Crippen LogP contribution in [-0.4, -0.2) is 16.4 Å². The minimum atomic E-state index is -0.804. The van der Waals surface area contributed by atoms with Crippen LogP contribution in [0.1, 0.15) is 37.2 Å². The number of aromatic nitrogens is 1. The Morgan fingerprint density at radius 1 is 1.53 bits per heavy atom. The number of carbonyl (C=O) groups is 1. The van der Waals surface area contributed by atoms with E-state index in [1.165, 1.54) is 0 Å². The second-order valence-electron chi connectivity index (χ2n) is 3.70. The van der Waals surface area contributed by atoms with Gasteiger partial charge >= 0.3 is 0 Å². The molecule has 0 aliphatic rings. The number of amides is 1. The number of carbonyl (C=O) groups excluding carboxylic acids is 1. The number of halogens is 1. The van der Waals surface area contributed by atoms with E-state index in [2.05, 4.69) is 32.3 Å². The van der Waals surface area contributed by atoms with Crippen molar-refractivity contribution in [1.82, 2.24) is 10.3 Å². The smallest absolute Gasteiger partial charge is 0.271 e. The van der Waals surface area contributed by atoms with Gasteiger partial charge in [-0.3, -0.25) is 4.79 Å². The van der Waals surface area contributed by atoms with E-state index in [-0.39, 0.29) is 5.91 Å². The predicted octanol–water partition coefficient (Wildman–Crippen LogP) is 2.66. The maximum atomic E-state index is 11.9. The van der Waals surface area contributed by atoms with Gasteiger partial charge in [0.05, 0.1) is 6.07 Å². The summed E-state index contributed by atoms with van der Waals surface area (Å²) in [5.74, 6) is -0.323. The van der Waals surface area contributed by atoms with Crippen LogP contribution < -0.4 is 5.32 Å². The molecule has 0 bridgehead atoms. The van der Waals surface area contributed by atoms with Crippen molar-refractivity contribution in [3.63, 3.8) is 0 Å². The zero-order valence-electron chi connectivity index (χ0n) is 9.83. The summed E-state index contributed by atoms with van der Waals surface area (Å²) in [6.07, 6.45) is 1.14. The first-order chi connectivity index (χ1) is 8.06. The number of nitrogens with zero attached hydrogens (tertiary/aromatic N) is 2. The lowest BCUT2D eigenvalue weighted by molar-refractivity contribution is 0.0910. The van der Waals surface area contributed by atoms with Crippen molar-refractivity contribution in [3.8, 4) is 6.07 Å². The van der Waals surface area contributed by atoms with Crippen LogP contribution in [0.3, 0.4) is 0 Å². The maximum Gasteiger partial charge on any atom is 0.271 e. The van der Waals surface area contributed by atoms with E-state index in [4.69, 9.17) is 5.26 Å². The minimum absolute atomic E-state index is 0.306. The summed E-state index contributed by atoms with van der Waals surface area (Å²) < 4.78 is 0.598. The molecular weight excluding hydrogens is 282 g/mol. The summed E-state index contributed by atoms with van der Waals surface area (Å²) >= 11 is 3.21. The van der Waals surface area contributed by atoms with Gasteiger partial charge in [0.25, 0.3) is 5.91 Å². The molecule has 5 heteroatoms. The highest BCUT2D eigenvalue weighted by atomic mass is 79.9. The lowest BCUT2D eigenvalue weighted by atomic mass is 9.94. The van der Waals surface area contributed by atoms with Crippen molar-refractivity contribution in [2.24, 2.45) is 0 Å². The van der Waals surface area contributed by atoms with Crippen molar-refractivity contribution >= 4 is 21.8 Å². The van der Waals surface area contributed by atoms with Crippen molar-refractivity contribution in [2.45, 2.75) is 32.2 Å². The molecule has 1 amide bonds. The van der Waals surface area contributed by atoms with Gasteiger partial charge < -0.3 is 5.32 Å². The average Bonchev–Trinajstić information content (AvgIpc) is 2.36. The fourth-order valence-electron chi connectivity index (χ4n) is 1.43. The second kappa shape index (κ2) is 5.78. The van der Waals surface area contributed by atoms with Crippen LogP contribution >= 0.6 is 15.9 Å². The molecule has 0 unspecified atom stereocenters. The third kappa shape index (κ3) is 3.27. The highest BCUT2D eigenvalue weighted by Crippen LogP contribution is 2.15. The molecular formula is C12H14BrN3O. The van der Waals surface area contributed by atoms with Crippen LogP contribution in [-0.2, 0) is 0 Å². The highest BCUT2D eigenvalue weighted by Gasteiger charge is 2.28.